The highest BCUT2D eigenvalue weighted by Gasteiger charge is 2.50. The Labute approximate surface area is 90.6 Å². The van der Waals surface area contributed by atoms with Crippen LogP contribution in [0.5, 0.6) is 0 Å². The fraction of sp³-hybridized carbons (Fsp3) is 0.800. The van der Waals surface area contributed by atoms with Crippen molar-refractivity contribution in [1.82, 2.24) is 15.5 Å². The molecule has 0 aromatic carbocycles. The van der Waals surface area contributed by atoms with Gasteiger partial charge in [-0.1, -0.05) is 13.0 Å². The van der Waals surface area contributed by atoms with Gasteiger partial charge in [-0.3, -0.25) is 15.5 Å². The van der Waals surface area contributed by atoms with Crippen molar-refractivity contribution in [3.63, 3.8) is 0 Å². The Morgan fingerprint density at radius 1 is 1.67 bits per heavy atom. The number of hydrogen-bond donors (Lipinski definition) is 3. The molecule has 4 N–H and O–H groups in total. The van der Waals surface area contributed by atoms with Crippen LogP contribution in [-0.4, -0.2) is 43.3 Å². The van der Waals surface area contributed by atoms with Gasteiger partial charge in [0.15, 0.2) is 0 Å². The standard InChI is InChI=1S/C10H20N4O/c1-4-5-12-8-6(2)7-9(15-7)13-10(11)14(8)3/h4,6-10,12-13H,1,5,11H2,2-3H3/t6-,7?,8?,9?,10?/m1/s1. The van der Waals surface area contributed by atoms with E-state index in [-0.39, 0.29) is 24.8 Å². The number of nitrogens with two attached hydrogens (primary N) is 1. The maximum atomic E-state index is 5.99. The van der Waals surface area contributed by atoms with Crippen molar-refractivity contribution in [3.05, 3.63) is 12.7 Å². The maximum Gasteiger partial charge on any atom is 0.137 e. The Kier molecular flexibility index (Phi) is 3.08. The van der Waals surface area contributed by atoms with Crippen molar-refractivity contribution in [3.8, 4) is 0 Å². The summed E-state index contributed by atoms with van der Waals surface area (Å²) in [7, 11) is 2.01. The third kappa shape index (κ3) is 2.07. The first kappa shape index (κ1) is 11.0. The fourth-order valence-electron chi connectivity index (χ4n) is 2.20. The second-order valence-electron chi connectivity index (χ2n) is 4.30. The molecule has 0 spiro atoms. The van der Waals surface area contributed by atoms with Crippen LogP contribution >= 0.6 is 0 Å². The summed E-state index contributed by atoms with van der Waals surface area (Å²) in [4.78, 5) is 2.10. The Hall–Kier alpha value is -0.460. The molecule has 0 aliphatic carbocycles. The highest BCUT2D eigenvalue weighted by Crippen LogP contribution is 2.33. The summed E-state index contributed by atoms with van der Waals surface area (Å²) in [6.45, 7) is 6.67. The molecule has 2 aliphatic heterocycles. The lowest BCUT2D eigenvalue weighted by Gasteiger charge is -2.34. The lowest BCUT2D eigenvalue weighted by atomic mass is 10.0. The topological polar surface area (TPSA) is 65.8 Å². The number of nitrogens with zero attached hydrogens (tertiary/aromatic N) is 1. The minimum absolute atomic E-state index is 0.132. The third-order valence-electron chi connectivity index (χ3n) is 3.23. The minimum atomic E-state index is -0.160. The van der Waals surface area contributed by atoms with Crippen molar-refractivity contribution >= 4 is 0 Å². The number of fused-ring (bicyclic) bond motifs is 1. The van der Waals surface area contributed by atoms with Gasteiger partial charge in [-0.25, -0.2) is 0 Å². The van der Waals surface area contributed by atoms with E-state index in [2.05, 4.69) is 29.0 Å². The molecular formula is C10H20N4O. The van der Waals surface area contributed by atoms with Gasteiger partial charge in [0, 0.05) is 12.5 Å². The molecule has 2 rings (SSSR count). The molecule has 0 amide bonds. The van der Waals surface area contributed by atoms with Crippen LogP contribution < -0.4 is 16.4 Å². The van der Waals surface area contributed by atoms with Crippen molar-refractivity contribution < 1.29 is 4.74 Å². The molecule has 2 saturated heterocycles. The van der Waals surface area contributed by atoms with E-state index in [1.54, 1.807) is 0 Å². The van der Waals surface area contributed by atoms with E-state index >= 15 is 0 Å². The van der Waals surface area contributed by atoms with E-state index in [9.17, 15) is 0 Å². The fourth-order valence-corrected chi connectivity index (χ4v) is 2.20. The first-order valence-electron chi connectivity index (χ1n) is 5.38. The molecule has 2 fully saturated rings. The Bertz CT molecular complexity index is 244. The van der Waals surface area contributed by atoms with Gasteiger partial charge in [0.25, 0.3) is 0 Å². The van der Waals surface area contributed by atoms with E-state index in [0.29, 0.717) is 5.92 Å². The average Bonchev–Trinajstić information content (AvgIpc) is 2.96. The Morgan fingerprint density at radius 2 is 2.40 bits per heavy atom. The Morgan fingerprint density at radius 3 is 3.07 bits per heavy atom. The zero-order valence-electron chi connectivity index (χ0n) is 9.31. The molecule has 0 bridgehead atoms. The molecule has 0 aromatic rings. The minimum Gasteiger partial charge on any atom is -0.353 e. The Balaban J connectivity index is 2.05. The maximum absolute atomic E-state index is 5.99. The van der Waals surface area contributed by atoms with Crippen LogP contribution in [-0.2, 0) is 4.74 Å². The molecule has 86 valence electrons. The molecule has 5 atom stereocenters. The lowest BCUT2D eigenvalue weighted by Crippen LogP contribution is -2.58. The molecule has 0 aromatic heterocycles. The lowest BCUT2D eigenvalue weighted by molar-refractivity contribution is 0.0705. The van der Waals surface area contributed by atoms with Crippen LogP contribution in [0.1, 0.15) is 6.92 Å². The van der Waals surface area contributed by atoms with E-state index < -0.39 is 0 Å². The van der Waals surface area contributed by atoms with Crippen LogP contribution in [0.25, 0.3) is 0 Å². The molecule has 5 nitrogen and oxygen atoms in total. The molecule has 0 saturated carbocycles. The number of ether oxygens (including phenoxy) is 1. The van der Waals surface area contributed by atoms with Crippen molar-refractivity contribution in [2.24, 2.45) is 11.7 Å². The predicted octanol–water partition coefficient (Wildman–Crippen LogP) is -0.774. The molecule has 2 aliphatic rings. The zero-order valence-corrected chi connectivity index (χ0v) is 9.31. The van der Waals surface area contributed by atoms with Gasteiger partial charge in [-0.15, -0.1) is 6.58 Å². The number of hydrogen-bond acceptors (Lipinski definition) is 5. The summed E-state index contributed by atoms with van der Waals surface area (Å²) in [6.07, 6.45) is 2.34. The summed E-state index contributed by atoms with van der Waals surface area (Å²) >= 11 is 0. The van der Waals surface area contributed by atoms with Crippen molar-refractivity contribution in [2.75, 3.05) is 13.6 Å². The van der Waals surface area contributed by atoms with Crippen LogP contribution in [0.15, 0.2) is 12.7 Å². The summed E-state index contributed by atoms with van der Waals surface area (Å²) in [5.74, 6) is 0.418. The molecule has 2 heterocycles. The van der Waals surface area contributed by atoms with Gasteiger partial charge in [0.05, 0.1) is 6.17 Å². The summed E-state index contributed by atoms with van der Waals surface area (Å²) in [6, 6.07) is 0. The molecular weight excluding hydrogens is 192 g/mol. The van der Waals surface area contributed by atoms with E-state index in [0.717, 1.165) is 6.54 Å². The molecule has 5 heteroatoms. The van der Waals surface area contributed by atoms with Crippen LogP contribution in [0.3, 0.4) is 0 Å². The van der Waals surface area contributed by atoms with Gasteiger partial charge < -0.3 is 10.5 Å². The molecule has 0 radical (unpaired) electrons. The first-order chi connectivity index (χ1) is 7.15. The first-order valence-corrected chi connectivity index (χ1v) is 5.38. The summed E-state index contributed by atoms with van der Waals surface area (Å²) < 4.78 is 5.52. The monoisotopic (exact) mass is 212 g/mol. The van der Waals surface area contributed by atoms with Gasteiger partial charge in [0.1, 0.15) is 18.6 Å². The highest BCUT2D eigenvalue weighted by atomic mass is 16.6. The van der Waals surface area contributed by atoms with Crippen LogP contribution in [0.4, 0.5) is 0 Å². The van der Waals surface area contributed by atoms with E-state index in [4.69, 9.17) is 10.5 Å². The average molecular weight is 212 g/mol. The largest absolute Gasteiger partial charge is 0.353 e. The number of epoxide rings is 1. The van der Waals surface area contributed by atoms with Crippen LogP contribution in [0, 0.1) is 5.92 Å². The third-order valence-corrected chi connectivity index (χ3v) is 3.23. The van der Waals surface area contributed by atoms with Gasteiger partial charge in [-0.05, 0) is 7.05 Å². The number of nitrogens with one attached hydrogen (secondary N) is 2. The van der Waals surface area contributed by atoms with Gasteiger partial charge in [0.2, 0.25) is 0 Å². The summed E-state index contributed by atoms with van der Waals surface area (Å²) in [5.41, 5.74) is 5.99. The summed E-state index contributed by atoms with van der Waals surface area (Å²) in [5, 5.41) is 6.62. The van der Waals surface area contributed by atoms with E-state index in [1.807, 2.05) is 13.1 Å². The van der Waals surface area contributed by atoms with Crippen molar-refractivity contribution in [1.29, 1.82) is 0 Å². The van der Waals surface area contributed by atoms with Crippen molar-refractivity contribution in [2.45, 2.75) is 31.7 Å². The zero-order chi connectivity index (χ0) is 11.0. The second-order valence-corrected chi connectivity index (χ2v) is 4.30. The number of rotatable bonds is 3. The van der Waals surface area contributed by atoms with Crippen LogP contribution in [0.2, 0.25) is 0 Å². The highest BCUT2D eigenvalue weighted by molar-refractivity contribution is 4.97. The van der Waals surface area contributed by atoms with Gasteiger partial charge in [-0.2, -0.15) is 0 Å². The predicted molar refractivity (Wildman–Crippen MR) is 58.7 cm³/mol. The quantitative estimate of drug-likeness (QED) is 0.423. The second kappa shape index (κ2) is 4.19. The van der Waals surface area contributed by atoms with Gasteiger partial charge >= 0.3 is 0 Å². The molecule has 15 heavy (non-hydrogen) atoms. The smallest absolute Gasteiger partial charge is 0.137 e. The van der Waals surface area contributed by atoms with E-state index in [1.165, 1.54) is 0 Å². The molecule has 4 unspecified atom stereocenters. The SMILES string of the molecule is C=CCNC1[C@H](C)C2OC2NC(N)N1C. The normalized spacial score (nSPS) is 45.7.